The maximum Gasteiger partial charge on any atom is 0.268 e. The molecule has 1 heterocycles. The molecule has 0 aliphatic heterocycles. The van der Waals surface area contributed by atoms with E-state index in [1.54, 1.807) is 6.92 Å². The summed E-state index contributed by atoms with van der Waals surface area (Å²) in [7, 11) is -3.76. The Morgan fingerprint density at radius 1 is 0.893 bits per heavy atom. The number of benzene rings is 2. The van der Waals surface area contributed by atoms with Crippen LogP contribution >= 0.6 is 0 Å². The number of hydrogen-bond acceptors (Lipinski definition) is 3. The van der Waals surface area contributed by atoms with Gasteiger partial charge in [-0.05, 0) is 31.0 Å². The number of rotatable bonds is 7. The largest absolute Gasteiger partial charge is 0.356 e. The minimum atomic E-state index is -3.76. The van der Waals surface area contributed by atoms with Crippen LogP contribution in [0.2, 0.25) is 0 Å². The molecule has 3 aromatic rings. The average Bonchev–Trinajstić information content (AvgIpc) is 3.20. The number of H-pyrrole nitrogens is 1. The van der Waals surface area contributed by atoms with Gasteiger partial charge in [0.2, 0.25) is 10.0 Å². The zero-order valence-electron chi connectivity index (χ0n) is 15.7. The van der Waals surface area contributed by atoms with Gasteiger partial charge in [-0.15, -0.1) is 0 Å². The van der Waals surface area contributed by atoms with E-state index in [1.807, 2.05) is 67.6 Å². The molecule has 0 saturated heterocycles. The number of carbonyl (C=O) groups is 1. The summed E-state index contributed by atoms with van der Waals surface area (Å²) in [5.41, 5.74) is 2.01. The van der Waals surface area contributed by atoms with Crippen molar-refractivity contribution < 1.29 is 13.2 Å². The van der Waals surface area contributed by atoms with E-state index in [-0.39, 0.29) is 22.5 Å². The van der Waals surface area contributed by atoms with Gasteiger partial charge in [-0.2, -0.15) is 0 Å². The third-order valence-electron chi connectivity index (χ3n) is 4.49. The lowest BCUT2D eigenvalue weighted by molar-refractivity contribution is 0.0935. The van der Waals surface area contributed by atoms with E-state index < -0.39 is 16.1 Å². The van der Waals surface area contributed by atoms with Crippen LogP contribution in [0.4, 0.5) is 0 Å². The van der Waals surface area contributed by atoms with E-state index in [4.69, 9.17) is 0 Å². The van der Waals surface area contributed by atoms with Crippen LogP contribution in [0.15, 0.2) is 77.8 Å². The van der Waals surface area contributed by atoms with Crippen molar-refractivity contribution in [2.24, 2.45) is 0 Å². The fourth-order valence-corrected chi connectivity index (χ4v) is 4.10. The molecule has 0 aliphatic rings. The molecule has 2 aromatic carbocycles. The normalized spacial score (nSPS) is 13.6. The van der Waals surface area contributed by atoms with Crippen molar-refractivity contribution >= 4 is 15.9 Å². The number of aromatic nitrogens is 1. The zero-order chi connectivity index (χ0) is 20.1. The molecular formula is C21H23N3O3S. The first-order valence-electron chi connectivity index (χ1n) is 8.98. The molecule has 2 atom stereocenters. The second-order valence-electron chi connectivity index (χ2n) is 6.61. The molecule has 0 fully saturated rings. The van der Waals surface area contributed by atoms with Crippen LogP contribution in [-0.4, -0.2) is 19.3 Å². The monoisotopic (exact) mass is 397 g/mol. The summed E-state index contributed by atoms with van der Waals surface area (Å²) in [6.45, 7) is 3.64. The van der Waals surface area contributed by atoms with Gasteiger partial charge < -0.3 is 10.3 Å². The van der Waals surface area contributed by atoms with E-state index >= 15 is 0 Å². The van der Waals surface area contributed by atoms with E-state index in [0.29, 0.717) is 0 Å². The van der Waals surface area contributed by atoms with Crippen molar-refractivity contribution in [3.8, 4) is 0 Å². The molecule has 1 aromatic heterocycles. The fourth-order valence-electron chi connectivity index (χ4n) is 2.87. The lowest BCUT2D eigenvalue weighted by atomic mass is 10.1. The van der Waals surface area contributed by atoms with Crippen molar-refractivity contribution in [1.29, 1.82) is 0 Å². The number of aromatic amines is 1. The Morgan fingerprint density at radius 2 is 1.43 bits per heavy atom. The van der Waals surface area contributed by atoms with Gasteiger partial charge in [-0.25, -0.2) is 13.1 Å². The number of hydrogen-bond donors (Lipinski definition) is 3. The Balaban J connectivity index is 1.69. The van der Waals surface area contributed by atoms with Gasteiger partial charge in [0.15, 0.2) is 0 Å². The van der Waals surface area contributed by atoms with E-state index in [2.05, 4.69) is 15.0 Å². The lowest BCUT2D eigenvalue weighted by Gasteiger charge is -2.14. The Labute approximate surface area is 165 Å². The highest BCUT2D eigenvalue weighted by atomic mass is 32.2. The number of carbonyl (C=O) groups excluding carboxylic acids is 1. The van der Waals surface area contributed by atoms with Gasteiger partial charge in [0.25, 0.3) is 5.91 Å². The number of nitrogens with one attached hydrogen (secondary N) is 3. The number of amides is 1. The van der Waals surface area contributed by atoms with E-state index in [0.717, 1.165) is 11.1 Å². The van der Waals surface area contributed by atoms with Crippen molar-refractivity contribution in [2.45, 2.75) is 30.8 Å². The van der Waals surface area contributed by atoms with Crippen molar-refractivity contribution in [2.75, 3.05) is 0 Å². The van der Waals surface area contributed by atoms with Crippen LogP contribution in [0, 0.1) is 0 Å². The van der Waals surface area contributed by atoms with Gasteiger partial charge in [-0.1, -0.05) is 60.7 Å². The molecule has 0 unspecified atom stereocenters. The predicted molar refractivity (Wildman–Crippen MR) is 108 cm³/mol. The summed E-state index contributed by atoms with van der Waals surface area (Å²) in [5.74, 6) is -0.367. The molecule has 0 saturated carbocycles. The Morgan fingerprint density at radius 3 is 2.00 bits per heavy atom. The maximum atomic E-state index is 12.6. The SMILES string of the molecule is C[C@@H](NC(=O)c1cc(S(=O)(=O)N[C@H](C)c2ccccc2)c[nH]1)c1ccccc1. The molecule has 7 heteroatoms. The van der Waals surface area contributed by atoms with Crippen LogP contribution in [0.5, 0.6) is 0 Å². The molecule has 0 aliphatic carbocycles. The third kappa shape index (κ3) is 4.68. The van der Waals surface area contributed by atoms with Crippen molar-refractivity contribution in [3.05, 3.63) is 89.7 Å². The molecular weight excluding hydrogens is 374 g/mol. The standard InChI is InChI=1S/C21H23N3O3S/c1-15(17-9-5-3-6-10-17)23-21(25)20-13-19(14-22-20)28(26,27)24-16(2)18-11-7-4-8-12-18/h3-16,22,24H,1-2H3,(H,23,25)/t15-,16-/m1/s1. The number of sulfonamides is 1. The second kappa shape index (κ2) is 8.41. The Bertz CT molecular complexity index is 1030. The topological polar surface area (TPSA) is 91.1 Å². The molecule has 1 amide bonds. The molecule has 6 nitrogen and oxygen atoms in total. The lowest BCUT2D eigenvalue weighted by Crippen LogP contribution is -2.27. The first-order chi connectivity index (χ1) is 13.4. The minimum Gasteiger partial charge on any atom is -0.356 e. The van der Waals surface area contributed by atoms with E-state index in [9.17, 15) is 13.2 Å². The summed E-state index contributed by atoms with van der Waals surface area (Å²) in [5, 5.41) is 2.86. The summed E-state index contributed by atoms with van der Waals surface area (Å²) in [4.78, 5) is 15.2. The third-order valence-corrected chi connectivity index (χ3v) is 6.01. The van der Waals surface area contributed by atoms with Crippen LogP contribution in [-0.2, 0) is 10.0 Å². The zero-order valence-corrected chi connectivity index (χ0v) is 16.5. The van der Waals surface area contributed by atoms with Gasteiger partial charge >= 0.3 is 0 Å². The van der Waals surface area contributed by atoms with Gasteiger partial charge in [0.05, 0.1) is 6.04 Å². The van der Waals surface area contributed by atoms with Crippen molar-refractivity contribution in [3.63, 3.8) is 0 Å². The highest BCUT2D eigenvalue weighted by molar-refractivity contribution is 7.89. The van der Waals surface area contributed by atoms with Crippen molar-refractivity contribution in [1.82, 2.24) is 15.0 Å². The molecule has 0 radical (unpaired) electrons. The molecule has 0 spiro atoms. The van der Waals surface area contributed by atoms with Gasteiger partial charge in [0, 0.05) is 12.2 Å². The smallest absolute Gasteiger partial charge is 0.268 e. The summed E-state index contributed by atoms with van der Waals surface area (Å²) < 4.78 is 27.9. The highest BCUT2D eigenvalue weighted by Gasteiger charge is 2.22. The Hall–Kier alpha value is -2.90. The van der Waals surface area contributed by atoms with Crippen LogP contribution < -0.4 is 10.0 Å². The van der Waals surface area contributed by atoms with E-state index in [1.165, 1.54) is 12.3 Å². The quantitative estimate of drug-likeness (QED) is 0.569. The Kier molecular flexibility index (Phi) is 5.96. The van der Waals surface area contributed by atoms with Gasteiger partial charge in [-0.3, -0.25) is 4.79 Å². The summed E-state index contributed by atoms with van der Waals surface area (Å²) >= 11 is 0. The molecule has 0 bridgehead atoms. The first kappa shape index (κ1) is 19.9. The maximum absolute atomic E-state index is 12.6. The molecule has 3 rings (SSSR count). The summed E-state index contributed by atoms with van der Waals surface area (Å²) in [6, 6.07) is 19.6. The van der Waals surface area contributed by atoms with Gasteiger partial charge in [0.1, 0.15) is 10.6 Å². The predicted octanol–water partition coefficient (Wildman–Crippen LogP) is 3.55. The molecule has 3 N–H and O–H groups in total. The summed E-state index contributed by atoms with van der Waals surface area (Å²) in [6.07, 6.45) is 1.32. The second-order valence-corrected chi connectivity index (χ2v) is 8.32. The minimum absolute atomic E-state index is 0.0211. The first-order valence-corrected chi connectivity index (χ1v) is 10.5. The molecule has 28 heavy (non-hydrogen) atoms. The van der Waals surface area contributed by atoms with Crippen LogP contribution in [0.25, 0.3) is 0 Å². The highest BCUT2D eigenvalue weighted by Crippen LogP contribution is 2.18. The van der Waals surface area contributed by atoms with Crippen LogP contribution in [0.3, 0.4) is 0 Å². The van der Waals surface area contributed by atoms with Crippen LogP contribution in [0.1, 0.15) is 47.5 Å². The molecule has 146 valence electrons. The fraction of sp³-hybridized carbons (Fsp3) is 0.190. The average molecular weight is 398 g/mol.